The molecule has 0 aliphatic heterocycles. The second-order valence-corrected chi connectivity index (χ2v) is 6.86. The van der Waals surface area contributed by atoms with Crippen LogP contribution in [0.1, 0.15) is 27.7 Å². The molecule has 0 aliphatic carbocycles. The molecule has 0 saturated carbocycles. The summed E-state index contributed by atoms with van der Waals surface area (Å²) in [6, 6.07) is 0. The van der Waals surface area contributed by atoms with Gasteiger partial charge in [-0.05, 0) is 18.9 Å². The molecule has 1 unspecified atom stereocenters. The molecule has 86 valence electrons. The Bertz CT molecular complexity index is 206. The molecule has 0 aromatic rings. The second kappa shape index (κ2) is 5.86. The Morgan fingerprint density at radius 3 is 2.14 bits per heavy atom. The maximum absolute atomic E-state index is 11.9. The van der Waals surface area contributed by atoms with Gasteiger partial charge in [-0.1, -0.05) is 27.7 Å². The number of hydrogen-bond donors (Lipinski definition) is 2. The van der Waals surface area contributed by atoms with Gasteiger partial charge in [0.15, 0.2) is 0 Å². The zero-order valence-electron chi connectivity index (χ0n) is 9.95. The van der Waals surface area contributed by atoms with E-state index in [1.807, 2.05) is 0 Å². The van der Waals surface area contributed by atoms with E-state index < -0.39 is 7.59 Å². The largest absolute Gasteiger partial charge is 0.278 e. The van der Waals surface area contributed by atoms with Crippen LogP contribution < -0.4 is 10.6 Å². The van der Waals surface area contributed by atoms with Gasteiger partial charge in [0.05, 0.1) is 0 Å². The number of nitrogens with zero attached hydrogens (tertiary/aromatic N) is 1. The van der Waals surface area contributed by atoms with E-state index in [4.69, 9.17) is 5.50 Å². The summed E-state index contributed by atoms with van der Waals surface area (Å²) in [6.45, 7) is 9.73. The topological polar surface area (TPSA) is 58.4 Å². The lowest BCUT2D eigenvalue weighted by Gasteiger charge is -2.27. The van der Waals surface area contributed by atoms with Crippen molar-refractivity contribution in [3.8, 4) is 0 Å². The monoisotopic (exact) mass is 221 g/mol. The molecule has 14 heavy (non-hydrogen) atoms. The van der Waals surface area contributed by atoms with Crippen LogP contribution in [-0.4, -0.2) is 24.8 Å². The fraction of sp³-hybridized carbons (Fsp3) is 1.00. The standard InChI is InChI=1S/C9H24N3OP/c1-8(2)6-11-14(10,13)12(5)7-9(3)4/h8-9H,6-7H2,1-5H3,(H3,10,11,13). The first-order valence-electron chi connectivity index (χ1n) is 5.11. The fourth-order valence-electron chi connectivity index (χ4n) is 1.08. The molecular weight excluding hydrogens is 197 g/mol. The van der Waals surface area contributed by atoms with E-state index in [0.29, 0.717) is 18.4 Å². The number of nitrogens with two attached hydrogens (primary N) is 1. The van der Waals surface area contributed by atoms with Crippen LogP contribution in [-0.2, 0) is 4.57 Å². The van der Waals surface area contributed by atoms with Crippen LogP contribution >= 0.6 is 7.59 Å². The molecule has 0 heterocycles. The molecule has 0 aromatic heterocycles. The molecule has 5 heteroatoms. The maximum Gasteiger partial charge on any atom is 0.278 e. The molecule has 0 aliphatic rings. The third-order valence-electron chi connectivity index (χ3n) is 1.86. The Morgan fingerprint density at radius 2 is 1.79 bits per heavy atom. The minimum Gasteiger partial charge on any atom is -0.271 e. The maximum atomic E-state index is 11.9. The zero-order valence-corrected chi connectivity index (χ0v) is 10.8. The summed E-state index contributed by atoms with van der Waals surface area (Å²) in [6.07, 6.45) is 0. The van der Waals surface area contributed by atoms with Crippen molar-refractivity contribution < 1.29 is 4.57 Å². The van der Waals surface area contributed by atoms with E-state index in [1.54, 1.807) is 11.7 Å². The lowest BCUT2D eigenvalue weighted by molar-refractivity contribution is 0.405. The van der Waals surface area contributed by atoms with Crippen molar-refractivity contribution in [1.29, 1.82) is 0 Å². The van der Waals surface area contributed by atoms with Crippen molar-refractivity contribution in [1.82, 2.24) is 9.76 Å². The van der Waals surface area contributed by atoms with Gasteiger partial charge >= 0.3 is 0 Å². The van der Waals surface area contributed by atoms with Crippen molar-refractivity contribution in [3.63, 3.8) is 0 Å². The lowest BCUT2D eigenvalue weighted by Crippen LogP contribution is -2.33. The van der Waals surface area contributed by atoms with Gasteiger partial charge in [-0.25, -0.2) is 9.76 Å². The van der Waals surface area contributed by atoms with Gasteiger partial charge in [0.2, 0.25) is 0 Å². The number of hydrogen-bond acceptors (Lipinski definition) is 1. The highest BCUT2D eigenvalue weighted by Gasteiger charge is 2.22. The molecule has 0 fully saturated rings. The minimum atomic E-state index is -2.81. The molecule has 0 aromatic carbocycles. The first-order valence-corrected chi connectivity index (χ1v) is 6.84. The van der Waals surface area contributed by atoms with E-state index in [2.05, 4.69) is 32.8 Å². The van der Waals surface area contributed by atoms with Crippen molar-refractivity contribution in [3.05, 3.63) is 0 Å². The van der Waals surface area contributed by atoms with Gasteiger partial charge in [-0.2, -0.15) is 0 Å². The Kier molecular flexibility index (Phi) is 5.91. The molecule has 3 N–H and O–H groups in total. The van der Waals surface area contributed by atoms with Gasteiger partial charge in [0.25, 0.3) is 7.59 Å². The van der Waals surface area contributed by atoms with E-state index in [0.717, 1.165) is 6.54 Å². The summed E-state index contributed by atoms with van der Waals surface area (Å²) in [5.41, 5.74) is 5.73. The predicted molar refractivity (Wildman–Crippen MR) is 62.1 cm³/mol. The van der Waals surface area contributed by atoms with Gasteiger partial charge in [-0.3, -0.25) is 10.1 Å². The van der Waals surface area contributed by atoms with E-state index in [-0.39, 0.29) is 0 Å². The fourth-order valence-corrected chi connectivity index (χ4v) is 2.52. The lowest BCUT2D eigenvalue weighted by atomic mass is 10.2. The van der Waals surface area contributed by atoms with Gasteiger partial charge in [0, 0.05) is 13.1 Å². The Hall–Kier alpha value is 0.110. The van der Waals surface area contributed by atoms with Crippen LogP contribution in [0.2, 0.25) is 0 Å². The summed E-state index contributed by atoms with van der Waals surface area (Å²) in [5, 5.41) is 2.92. The predicted octanol–water partition coefficient (Wildman–Crippen LogP) is 1.89. The summed E-state index contributed by atoms with van der Waals surface area (Å²) in [5.74, 6) is 0.928. The molecular formula is C9H24N3OP. The average molecular weight is 221 g/mol. The molecule has 0 bridgehead atoms. The molecule has 1 atom stereocenters. The van der Waals surface area contributed by atoms with Gasteiger partial charge in [-0.15, -0.1) is 0 Å². The van der Waals surface area contributed by atoms with Crippen LogP contribution in [0.3, 0.4) is 0 Å². The Balaban J connectivity index is 4.09. The van der Waals surface area contributed by atoms with E-state index >= 15 is 0 Å². The number of rotatable bonds is 6. The van der Waals surface area contributed by atoms with Crippen LogP contribution in [0, 0.1) is 11.8 Å². The molecule has 0 radical (unpaired) electrons. The first kappa shape index (κ1) is 14.1. The molecule has 4 nitrogen and oxygen atoms in total. The van der Waals surface area contributed by atoms with E-state index in [1.165, 1.54) is 0 Å². The summed E-state index contributed by atoms with van der Waals surface area (Å²) >= 11 is 0. The van der Waals surface area contributed by atoms with Crippen molar-refractivity contribution in [2.24, 2.45) is 17.3 Å². The summed E-state index contributed by atoms with van der Waals surface area (Å²) < 4.78 is 13.7. The highest BCUT2D eigenvalue weighted by molar-refractivity contribution is 7.56. The Morgan fingerprint density at radius 1 is 1.29 bits per heavy atom. The smallest absolute Gasteiger partial charge is 0.271 e. The van der Waals surface area contributed by atoms with Crippen molar-refractivity contribution >= 4 is 7.59 Å². The van der Waals surface area contributed by atoms with Crippen molar-refractivity contribution in [2.45, 2.75) is 27.7 Å². The van der Waals surface area contributed by atoms with Gasteiger partial charge in [0.1, 0.15) is 0 Å². The van der Waals surface area contributed by atoms with Crippen LogP contribution in [0.5, 0.6) is 0 Å². The Labute approximate surface area is 87.8 Å². The first-order chi connectivity index (χ1) is 6.25. The molecule has 0 amide bonds. The zero-order chi connectivity index (χ0) is 11.4. The van der Waals surface area contributed by atoms with Crippen LogP contribution in [0.25, 0.3) is 0 Å². The average Bonchev–Trinajstić information content (AvgIpc) is 1.99. The third-order valence-corrected chi connectivity index (χ3v) is 3.68. The molecule has 0 spiro atoms. The summed E-state index contributed by atoms with van der Waals surface area (Å²) in [7, 11) is -1.01. The highest BCUT2D eigenvalue weighted by Crippen LogP contribution is 2.35. The normalized spacial score (nSPS) is 16.6. The van der Waals surface area contributed by atoms with Crippen molar-refractivity contribution in [2.75, 3.05) is 20.1 Å². The van der Waals surface area contributed by atoms with Crippen LogP contribution in [0.15, 0.2) is 0 Å². The van der Waals surface area contributed by atoms with E-state index in [9.17, 15) is 4.57 Å². The quantitative estimate of drug-likeness (QED) is 0.672. The SMILES string of the molecule is CC(C)CNP(N)(=O)N(C)CC(C)C. The molecule has 0 saturated heterocycles. The summed E-state index contributed by atoms with van der Waals surface area (Å²) in [4.78, 5) is 0. The third kappa shape index (κ3) is 5.76. The minimum absolute atomic E-state index is 0.458. The van der Waals surface area contributed by atoms with Gasteiger partial charge < -0.3 is 0 Å². The highest BCUT2D eigenvalue weighted by atomic mass is 31.2. The molecule has 0 rings (SSSR count). The van der Waals surface area contributed by atoms with Crippen LogP contribution in [0.4, 0.5) is 0 Å². The number of nitrogens with one attached hydrogen (secondary N) is 1. The second-order valence-electron chi connectivity index (χ2n) is 4.61.